The summed E-state index contributed by atoms with van der Waals surface area (Å²) in [4.78, 5) is 34.3. The van der Waals surface area contributed by atoms with Crippen LogP contribution in [0.4, 0.5) is 10.6 Å². The standard InChI is InChI=1S/C42H57N5O5S/c1-29-24-33(8-11-36(29)51-5)42-18-15-41(16-19-42,17-20-42)28-46(37-25-31(12-21-43-37)32-26-44-47(27-32)40(2,3)4)38(48)30-6-9-35(10-7-30)52-39(49)45-34-13-22-53(50)23-14-34/h8,11-12,21,24-27,30,34-35H,6-7,9-10,13-20,22-23,28H2,1-5H3,(H,45,49)/t30-,34?,35-,41?,42?,53?. The van der Waals surface area contributed by atoms with E-state index >= 15 is 0 Å². The first-order valence-electron chi connectivity index (χ1n) is 19.7. The molecule has 3 heterocycles. The Kier molecular flexibility index (Phi) is 10.9. The van der Waals surface area contributed by atoms with Gasteiger partial charge >= 0.3 is 6.09 Å². The summed E-state index contributed by atoms with van der Waals surface area (Å²) < 4.78 is 25.1. The summed E-state index contributed by atoms with van der Waals surface area (Å²) in [6.07, 6.45) is 15.8. The van der Waals surface area contributed by atoms with E-state index in [2.05, 4.69) is 68.6 Å². The molecular weight excluding hydrogens is 687 g/mol. The number of fused-ring (bicyclic) bond motifs is 3. The maximum Gasteiger partial charge on any atom is 0.407 e. The van der Waals surface area contributed by atoms with Gasteiger partial charge in [0.15, 0.2) is 0 Å². The monoisotopic (exact) mass is 743 g/mol. The Bertz CT molecular complexity index is 1750. The molecular formula is C42H57N5O5S. The quantitative estimate of drug-likeness (QED) is 0.222. The number of hydrogen-bond acceptors (Lipinski definition) is 7. The molecule has 1 saturated heterocycles. The molecule has 2 amide bonds. The molecule has 2 bridgehead atoms. The van der Waals surface area contributed by atoms with Crippen LogP contribution in [0.5, 0.6) is 5.75 Å². The smallest absolute Gasteiger partial charge is 0.407 e. The zero-order chi connectivity index (χ0) is 37.4. The van der Waals surface area contributed by atoms with Crippen molar-refractivity contribution in [2.45, 2.75) is 128 Å². The van der Waals surface area contributed by atoms with Gasteiger partial charge in [0.1, 0.15) is 29.2 Å². The van der Waals surface area contributed by atoms with Gasteiger partial charge in [0.2, 0.25) is 5.91 Å². The second-order valence-corrected chi connectivity index (χ2v) is 19.0. The van der Waals surface area contributed by atoms with Crippen LogP contribution >= 0.6 is 0 Å². The van der Waals surface area contributed by atoms with Crippen molar-refractivity contribution in [1.82, 2.24) is 20.1 Å². The number of aryl methyl sites for hydroxylation is 1. The van der Waals surface area contributed by atoms with E-state index in [4.69, 9.17) is 14.5 Å². The van der Waals surface area contributed by atoms with Crippen LogP contribution < -0.4 is 15.0 Å². The molecule has 1 aliphatic heterocycles. The third-order valence-corrected chi connectivity index (χ3v) is 14.2. The Morgan fingerprint density at radius 2 is 1.68 bits per heavy atom. The van der Waals surface area contributed by atoms with Crippen LogP contribution in [0, 0.1) is 18.3 Å². The number of rotatable bonds is 9. The molecule has 0 unspecified atom stereocenters. The van der Waals surface area contributed by atoms with Crippen LogP contribution in [0.3, 0.4) is 0 Å². The fourth-order valence-electron chi connectivity index (χ4n) is 9.27. The van der Waals surface area contributed by atoms with E-state index < -0.39 is 17.3 Å². The largest absolute Gasteiger partial charge is 0.616 e. The number of carbonyl (C=O) groups excluding carboxylic acids is 2. The molecule has 286 valence electrons. The lowest BCUT2D eigenvalue weighted by molar-refractivity contribution is -0.124. The first kappa shape index (κ1) is 37.7. The predicted molar refractivity (Wildman–Crippen MR) is 209 cm³/mol. The minimum Gasteiger partial charge on any atom is -0.616 e. The van der Waals surface area contributed by atoms with Gasteiger partial charge < -0.3 is 19.3 Å². The minimum atomic E-state index is -0.778. The predicted octanol–water partition coefficient (Wildman–Crippen LogP) is 7.84. The molecule has 53 heavy (non-hydrogen) atoms. The third kappa shape index (κ3) is 8.26. The minimum absolute atomic E-state index is 0.0159. The fraction of sp³-hybridized carbons (Fsp3) is 0.619. The number of nitrogens with zero attached hydrogens (tertiary/aromatic N) is 4. The molecule has 1 N–H and O–H groups in total. The van der Waals surface area contributed by atoms with Crippen LogP contribution in [0.25, 0.3) is 11.1 Å². The molecule has 0 radical (unpaired) electrons. The van der Waals surface area contributed by atoms with Gasteiger partial charge in [0.25, 0.3) is 0 Å². The maximum absolute atomic E-state index is 14.7. The average molecular weight is 744 g/mol. The van der Waals surface area contributed by atoms with Crippen LogP contribution in [-0.4, -0.2) is 68.6 Å². The lowest BCUT2D eigenvalue weighted by Crippen LogP contribution is -2.52. The van der Waals surface area contributed by atoms with Crippen molar-refractivity contribution in [3.05, 3.63) is 60.0 Å². The number of methoxy groups -OCH3 is 1. The lowest BCUT2D eigenvalue weighted by Gasteiger charge is -2.55. The summed E-state index contributed by atoms with van der Waals surface area (Å²) in [5.74, 6) is 2.84. The molecule has 5 fully saturated rings. The van der Waals surface area contributed by atoms with E-state index in [9.17, 15) is 14.1 Å². The molecule has 0 atom stereocenters. The van der Waals surface area contributed by atoms with Gasteiger partial charge in [0, 0.05) is 49.3 Å². The van der Waals surface area contributed by atoms with Crippen LogP contribution in [0.2, 0.25) is 0 Å². The average Bonchev–Trinajstić information content (AvgIpc) is 3.68. The van der Waals surface area contributed by atoms with Crippen LogP contribution in [0.15, 0.2) is 48.9 Å². The van der Waals surface area contributed by atoms with Crippen molar-refractivity contribution in [2.24, 2.45) is 11.3 Å². The molecule has 0 spiro atoms. The van der Waals surface area contributed by atoms with E-state index in [1.54, 1.807) is 7.11 Å². The number of pyridine rings is 1. The molecule has 8 rings (SSSR count). The summed E-state index contributed by atoms with van der Waals surface area (Å²) in [6, 6.07) is 10.8. The fourth-order valence-corrected chi connectivity index (χ4v) is 10.6. The lowest BCUT2D eigenvalue weighted by atomic mass is 9.51. The highest BCUT2D eigenvalue weighted by Gasteiger charge is 2.51. The molecule has 4 saturated carbocycles. The van der Waals surface area contributed by atoms with E-state index in [1.165, 1.54) is 11.1 Å². The first-order valence-corrected chi connectivity index (χ1v) is 21.1. The molecule has 5 aliphatic rings. The number of anilines is 1. The zero-order valence-electron chi connectivity index (χ0n) is 32.2. The van der Waals surface area contributed by atoms with Crippen LogP contribution in [-0.2, 0) is 31.7 Å². The SMILES string of the molecule is COc1ccc(C23CCC(CN(c4cc(-c5cnn(C(C)(C)C)c5)ccn4)C(=O)[C@H]4CC[C@H](OC(=O)NC5CC[S+]([O-])CC5)CC4)(CC2)CC3)cc1C. The van der Waals surface area contributed by atoms with Gasteiger partial charge in [-0.3, -0.25) is 14.4 Å². The number of nitrogens with one attached hydrogen (secondary N) is 1. The van der Waals surface area contributed by atoms with Crippen molar-refractivity contribution in [3.8, 4) is 16.9 Å². The number of hydrogen-bond donors (Lipinski definition) is 1. The molecule has 11 heteroatoms. The Morgan fingerprint density at radius 3 is 2.30 bits per heavy atom. The van der Waals surface area contributed by atoms with E-state index in [0.717, 1.165) is 68.2 Å². The van der Waals surface area contributed by atoms with Gasteiger partial charge in [-0.1, -0.05) is 23.3 Å². The highest BCUT2D eigenvalue weighted by Crippen LogP contribution is 2.58. The van der Waals surface area contributed by atoms with Crippen molar-refractivity contribution in [3.63, 3.8) is 0 Å². The molecule has 1 aromatic carbocycles. The van der Waals surface area contributed by atoms with Gasteiger partial charge in [0.05, 0.1) is 18.8 Å². The van der Waals surface area contributed by atoms with Crippen LogP contribution in [0.1, 0.15) is 109 Å². The Labute approximate surface area is 318 Å². The molecule has 2 aromatic heterocycles. The third-order valence-electron chi connectivity index (χ3n) is 12.8. The molecule has 4 aliphatic carbocycles. The number of aromatic nitrogens is 3. The normalized spacial score (nSPS) is 28.6. The highest BCUT2D eigenvalue weighted by molar-refractivity contribution is 7.91. The maximum atomic E-state index is 14.7. The zero-order valence-corrected chi connectivity index (χ0v) is 33.0. The van der Waals surface area contributed by atoms with E-state index in [0.29, 0.717) is 49.6 Å². The topological polar surface area (TPSA) is 122 Å². The van der Waals surface area contributed by atoms with Gasteiger partial charge in [-0.15, -0.1) is 0 Å². The van der Waals surface area contributed by atoms with Gasteiger partial charge in [-0.25, -0.2) is 9.78 Å². The number of carbonyl (C=O) groups is 2. The Hall–Kier alpha value is -3.57. The Morgan fingerprint density at radius 1 is 0.981 bits per heavy atom. The number of amides is 2. The number of alkyl carbamates (subject to hydrolysis) is 1. The second kappa shape index (κ2) is 15.3. The summed E-state index contributed by atoms with van der Waals surface area (Å²) >= 11 is -0.778. The summed E-state index contributed by atoms with van der Waals surface area (Å²) in [5.41, 5.74) is 4.68. The molecule has 3 aromatic rings. The van der Waals surface area contributed by atoms with Crippen molar-refractivity contribution >= 4 is 29.0 Å². The number of benzene rings is 1. The molecule has 10 nitrogen and oxygen atoms in total. The summed E-state index contributed by atoms with van der Waals surface area (Å²) in [6.45, 7) is 9.19. The first-order chi connectivity index (χ1) is 25.3. The summed E-state index contributed by atoms with van der Waals surface area (Å²) in [7, 11) is 1.73. The summed E-state index contributed by atoms with van der Waals surface area (Å²) in [5, 5.41) is 7.61. The van der Waals surface area contributed by atoms with Crippen molar-refractivity contribution in [1.29, 1.82) is 0 Å². The number of ether oxygens (including phenoxy) is 2. The van der Waals surface area contributed by atoms with Crippen molar-refractivity contribution in [2.75, 3.05) is 30.1 Å². The Balaban J connectivity index is 1.07. The second-order valence-electron chi connectivity index (χ2n) is 17.3. The van der Waals surface area contributed by atoms with E-state index in [-0.39, 0.29) is 40.3 Å². The highest BCUT2D eigenvalue weighted by atomic mass is 32.2. The van der Waals surface area contributed by atoms with Gasteiger partial charge in [-0.05, 0) is 138 Å². The van der Waals surface area contributed by atoms with Gasteiger partial charge in [-0.2, -0.15) is 5.10 Å². The van der Waals surface area contributed by atoms with E-state index in [1.807, 2.05) is 28.0 Å². The van der Waals surface area contributed by atoms with Crippen molar-refractivity contribution < 1.29 is 23.6 Å².